The van der Waals surface area contributed by atoms with E-state index in [9.17, 15) is 0 Å². The molecule has 1 fully saturated rings. The molecule has 0 amide bonds. The Bertz CT molecular complexity index is 207. The third-order valence-electron chi connectivity index (χ3n) is 4.71. The van der Waals surface area contributed by atoms with Gasteiger partial charge in [-0.1, -0.05) is 46.0 Å². The van der Waals surface area contributed by atoms with Crippen molar-refractivity contribution >= 4 is 12.6 Å². The van der Waals surface area contributed by atoms with Gasteiger partial charge in [0, 0.05) is 6.61 Å². The summed E-state index contributed by atoms with van der Waals surface area (Å²) in [6.07, 6.45) is 13.9. The first-order valence-electron chi connectivity index (χ1n) is 8.46. The molecule has 0 spiro atoms. The highest BCUT2D eigenvalue weighted by atomic mass is 32.1. The van der Waals surface area contributed by atoms with Crippen LogP contribution in [0.25, 0.3) is 0 Å². The molecule has 0 heterocycles. The van der Waals surface area contributed by atoms with Crippen molar-refractivity contribution in [3.63, 3.8) is 0 Å². The Morgan fingerprint density at radius 2 is 1.47 bits per heavy atom. The van der Waals surface area contributed by atoms with Crippen LogP contribution in [-0.2, 0) is 4.74 Å². The lowest BCUT2D eigenvalue weighted by Crippen LogP contribution is -2.26. The lowest BCUT2D eigenvalue weighted by molar-refractivity contribution is 0.000993. The van der Waals surface area contributed by atoms with Gasteiger partial charge >= 0.3 is 0 Å². The normalized spacial score (nSPS) is 27.6. The molecule has 1 saturated carbocycles. The van der Waals surface area contributed by atoms with Gasteiger partial charge in [-0.05, 0) is 49.7 Å². The van der Waals surface area contributed by atoms with Crippen LogP contribution in [0.1, 0.15) is 78.1 Å². The monoisotopic (exact) mass is 286 g/mol. The minimum Gasteiger partial charge on any atom is -0.378 e. The van der Waals surface area contributed by atoms with E-state index in [4.69, 9.17) is 4.74 Å². The van der Waals surface area contributed by atoms with E-state index in [2.05, 4.69) is 26.5 Å². The molecule has 114 valence electrons. The van der Waals surface area contributed by atoms with Gasteiger partial charge < -0.3 is 4.74 Å². The van der Waals surface area contributed by atoms with E-state index >= 15 is 0 Å². The van der Waals surface area contributed by atoms with Gasteiger partial charge in [0.1, 0.15) is 0 Å². The molecule has 0 bridgehead atoms. The van der Waals surface area contributed by atoms with Gasteiger partial charge in [-0.2, -0.15) is 12.6 Å². The van der Waals surface area contributed by atoms with E-state index in [0.29, 0.717) is 6.10 Å². The average molecular weight is 287 g/mol. The second-order valence-electron chi connectivity index (χ2n) is 6.46. The number of thiol groups is 1. The molecule has 3 atom stereocenters. The lowest BCUT2D eigenvalue weighted by atomic mass is 9.80. The van der Waals surface area contributed by atoms with Crippen LogP contribution in [0.3, 0.4) is 0 Å². The van der Waals surface area contributed by atoms with Crippen molar-refractivity contribution in [3.8, 4) is 0 Å². The minimum absolute atomic E-state index is 0.557. The lowest BCUT2D eigenvalue weighted by Gasteiger charge is -2.32. The molecular weight excluding hydrogens is 252 g/mol. The summed E-state index contributed by atoms with van der Waals surface area (Å²) in [6.45, 7) is 5.75. The van der Waals surface area contributed by atoms with Crippen LogP contribution in [0.5, 0.6) is 0 Å². The van der Waals surface area contributed by atoms with Crippen molar-refractivity contribution in [3.05, 3.63) is 0 Å². The van der Waals surface area contributed by atoms with E-state index < -0.39 is 0 Å². The Morgan fingerprint density at radius 3 is 2.11 bits per heavy atom. The molecule has 1 rings (SSSR count). The van der Waals surface area contributed by atoms with Crippen LogP contribution in [0, 0.1) is 11.8 Å². The molecule has 0 radical (unpaired) electrons. The van der Waals surface area contributed by atoms with E-state index in [-0.39, 0.29) is 0 Å². The van der Waals surface area contributed by atoms with E-state index in [1.54, 1.807) is 0 Å². The molecule has 0 aromatic rings. The predicted octanol–water partition coefficient (Wildman–Crippen LogP) is 5.49. The second kappa shape index (κ2) is 11.0. The largest absolute Gasteiger partial charge is 0.378 e. The van der Waals surface area contributed by atoms with Crippen LogP contribution in [0.4, 0.5) is 0 Å². The Kier molecular flexibility index (Phi) is 10.1. The summed E-state index contributed by atoms with van der Waals surface area (Å²) in [7, 11) is 0. The van der Waals surface area contributed by atoms with Crippen molar-refractivity contribution in [2.45, 2.75) is 84.2 Å². The third kappa shape index (κ3) is 8.24. The number of hydrogen-bond donors (Lipinski definition) is 1. The van der Waals surface area contributed by atoms with Crippen LogP contribution in [-0.4, -0.2) is 18.5 Å². The summed E-state index contributed by atoms with van der Waals surface area (Å²) in [4.78, 5) is 0. The number of unbranched alkanes of at least 4 members (excludes halogenated alkanes) is 6. The van der Waals surface area contributed by atoms with E-state index in [0.717, 1.165) is 24.2 Å². The average Bonchev–Trinajstić information content (AvgIpc) is 2.41. The van der Waals surface area contributed by atoms with Crippen LogP contribution in [0.15, 0.2) is 0 Å². The van der Waals surface area contributed by atoms with Gasteiger partial charge in [-0.15, -0.1) is 0 Å². The summed E-state index contributed by atoms with van der Waals surface area (Å²) < 4.78 is 6.04. The standard InChI is InChI=1S/C17H34OS/c1-15-10-11-17(14-16(15)2)18-12-8-6-4-3-5-7-9-13-19/h15-17,19H,3-14H2,1-2H3. The fourth-order valence-electron chi connectivity index (χ4n) is 3.00. The Labute approximate surface area is 126 Å². The molecule has 1 aliphatic rings. The number of hydrogen-bond acceptors (Lipinski definition) is 2. The SMILES string of the molecule is CC1CCC(OCCCCCCCCCS)CC1C. The number of rotatable bonds is 10. The topological polar surface area (TPSA) is 9.23 Å². The zero-order chi connectivity index (χ0) is 13.9. The first-order chi connectivity index (χ1) is 9.24. The molecule has 0 aromatic heterocycles. The second-order valence-corrected chi connectivity index (χ2v) is 6.91. The summed E-state index contributed by atoms with van der Waals surface area (Å²) in [6, 6.07) is 0. The van der Waals surface area contributed by atoms with Crippen molar-refractivity contribution in [2.24, 2.45) is 11.8 Å². The van der Waals surface area contributed by atoms with Crippen molar-refractivity contribution in [2.75, 3.05) is 12.4 Å². The smallest absolute Gasteiger partial charge is 0.0577 e. The van der Waals surface area contributed by atoms with E-state index in [1.165, 1.54) is 64.2 Å². The van der Waals surface area contributed by atoms with Crippen LogP contribution >= 0.6 is 12.6 Å². The zero-order valence-electron chi connectivity index (χ0n) is 13.1. The summed E-state index contributed by atoms with van der Waals surface area (Å²) >= 11 is 4.24. The van der Waals surface area contributed by atoms with Gasteiger partial charge in [0.2, 0.25) is 0 Å². The van der Waals surface area contributed by atoms with Crippen molar-refractivity contribution in [1.82, 2.24) is 0 Å². The first-order valence-corrected chi connectivity index (χ1v) is 9.09. The maximum absolute atomic E-state index is 6.04. The van der Waals surface area contributed by atoms with E-state index in [1.807, 2.05) is 0 Å². The quantitative estimate of drug-likeness (QED) is 0.413. The molecule has 0 saturated heterocycles. The maximum Gasteiger partial charge on any atom is 0.0577 e. The summed E-state index contributed by atoms with van der Waals surface area (Å²) in [5, 5.41) is 0. The predicted molar refractivity (Wildman–Crippen MR) is 88.1 cm³/mol. The summed E-state index contributed by atoms with van der Waals surface area (Å²) in [5.74, 6) is 2.80. The minimum atomic E-state index is 0.557. The van der Waals surface area contributed by atoms with Crippen molar-refractivity contribution in [1.29, 1.82) is 0 Å². The Morgan fingerprint density at radius 1 is 0.842 bits per heavy atom. The molecular formula is C17H34OS. The number of ether oxygens (including phenoxy) is 1. The van der Waals surface area contributed by atoms with Crippen LogP contribution in [0.2, 0.25) is 0 Å². The molecule has 0 aliphatic heterocycles. The Balaban J connectivity index is 1.86. The molecule has 3 unspecified atom stereocenters. The molecule has 0 aromatic carbocycles. The fourth-order valence-corrected chi connectivity index (χ4v) is 3.22. The van der Waals surface area contributed by atoms with Gasteiger partial charge in [0.25, 0.3) is 0 Å². The molecule has 1 aliphatic carbocycles. The van der Waals surface area contributed by atoms with Gasteiger partial charge in [-0.3, -0.25) is 0 Å². The third-order valence-corrected chi connectivity index (χ3v) is 5.02. The molecule has 1 nitrogen and oxygen atoms in total. The maximum atomic E-state index is 6.04. The fraction of sp³-hybridized carbons (Fsp3) is 1.00. The summed E-state index contributed by atoms with van der Waals surface area (Å²) in [5.41, 5.74) is 0. The zero-order valence-corrected chi connectivity index (χ0v) is 14.0. The van der Waals surface area contributed by atoms with Gasteiger partial charge in [0.05, 0.1) is 6.10 Å². The Hall–Kier alpha value is 0.310. The molecule has 2 heteroatoms. The highest BCUT2D eigenvalue weighted by molar-refractivity contribution is 7.80. The molecule has 19 heavy (non-hydrogen) atoms. The van der Waals surface area contributed by atoms with Gasteiger partial charge in [0.15, 0.2) is 0 Å². The highest BCUT2D eigenvalue weighted by Crippen LogP contribution is 2.30. The molecule has 0 N–H and O–H groups in total. The van der Waals surface area contributed by atoms with Crippen LogP contribution < -0.4 is 0 Å². The highest BCUT2D eigenvalue weighted by Gasteiger charge is 2.24. The van der Waals surface area contributed by atoms with Crippen molar-refractivity contribution < 1.29 is 4.74 Å². The van der Waals surface area contributed by atoms with Gasteiger partial charge in [-0.25, -0.2) is 0 Å². The first kappa shape index (κ1) is 17.4.